The van der Waals surface area contributed by atoms with Crippen LogP contribution >= 0.6 is 11.8 Å². The van der Waals surface area contributed by atoms with E-state index in [0.29, 0.717) is 16.2 Å². The lowest BCUT2D eigenvalue weighted by Gasteiger charge is -1.98. The maximum Gasteiger partial charge on any atom is 0.238 e. The number of rotatable bonds is 3. The fourth-order valence-electron chi connectivity index (χ4n) is 1.85. The zero-order chi connectivity index (χ0) is 15.0. The number of nitrogens with two attached hydrogens (primary N) is 1. The largest absolute Gasteiger partial charge is 0.508 e. The minimum absolute atomic E-state index is 0.0348. The first kappa shape index (κ1) is 13.9. The molecule has 3 aromatic rings. The number of hydrogen-bond donors (Lipinski definition) is 3. The topological polar surface area (TPSA) is 109 Å². The molecule has 0 unspecified atom stereocenters. The highest BCUT2D eigenvalue weighted by atomic mass is 32.2. The number of imidazole rings is 1. The molecule has 108 valence electrons. The Kier molecular flexibility index (Phi) is 3.36. The number of aromatic nitrogens is 2. The minimum Gasteiger partial charge on any atom is -0.508 e. The van der Waals surface area contributed by atoms with Crippen molar-refractivity contribution in [3.8, 4) is 5.75 Å². The number of hydrogen-bond acceptors (Lipinski definition) is 5. The van der Waals surface area contributed by atoms with Gasteiger partial charge in [0, 0.05) is 4.90 Å². The first-order valence-electron chi connectivity index (χ1n) is 5.91. The Morgan fingerprint density at radius 3 is 2.71 bits per heavy atom. The van der Waals surface area contributed by atoms with E-state index in [1.807, 2.05) is 6.07 Å². The van der Waals surface area contributed by atoms with Gasteiger partial charge in [0.1, 0.15) is 5.75 Å². The third-order valence-corrected chi connectivity index (χ3v) is 4.58. The van der Waals surface area contributed by atoms with Gasteiger partial charge in [-0.2, -0.15) is 0 Å². The molecule has 2 aromatic carbocycles. The van der Waals surface area contributed by atoms with E-state index < -0.39 is 10.0 Å². The highest BCUT2D eigenvalue weighted by Gasteiger charge is 2.11. The molecule has 0 aliphatic carbocycles. The van der Waals surface area contributed by atoms with Gasteiger partial charge in [0.25, 0.3) is 0 Å². The molecule has 0 aliphatic rings. The second-order valence-electron chi connectivity index (χ2n) is 4.37. The first-order chi connectivity index (χ1) is 9.91. The number of nitrogens with one attached hydrogen (secondary N) is 1. The summed E-state index contributed by atoms with van der Waals surface area (Å²) in [5.41, 5.74) is 1.23. The smallest absolute Gasteiger partial charge is 0.238 e. The van der Waals surface area contributed by atoms with E-state index >= 15 is 0 Å². The fourth-order valence-corrected chi connectivity index (χ4v) is 3.24. The quantitative estimate of drug-likeness (QED) is 0.684. The fraction of sp³-hybridized carbons (Fsp3) is 0. The lowest BCUT2D eigenvalue weighted by molar-refractivity contribution is 0.474. The van der Waals surface area contributed by atoms with Crippen LogP contribution in [0.1, 0.15) is 0 Å². The van der Waals surface area contributed by atoms with E-state index in [2.05, 4.69) is 9.97 Å². The standard InChI is InChI=1S/C13H11N3O3S2/c14-21(18,19)10-4-5-11-12(7-10)16-13(15-11)20-9-3-1-2-8(17)6-9/h1-7,17H,(H,15,16)(H2,14,18,19). The van der Waals surface area contributed by atoms with Gasteiger partial charge >= 0.3 is 0 Å². The van der Waals surface area contributed by atoms with Crippen LogP contribution in [0.3, 0.4) is 0 Å². The molecule has 1 heterocycles. The van der Waals surface area contributed by atoms with Crippen molar-refractivity contribution in [1.29, 1.82) is 0 Å². The molecule has 4 N–H and O–H groups in total. The monoisotopic (exact) mass is 321 g/mol. The van der Waals surface area contributed by atoms with Crippen LogP contribution in [0.15, 0.2) is 57.4 Å². The van der Waals surface area contributed by atoms with Gasteiger partial charge in [-0.25, -0.2) is 18.5 Å². The Hall–Kier alpha value is -2.03. The van der Waals surface area contributed by atoms with Crippen LogP contribution < -0.4 is 5.14 Å². The summed E-state index contributed by atoms with van der Waals surface area (Å²) in [6.45, 7) is 0. The number of phenolic OH excluding ortho intramolecular Hbond substituents is 1. The van der Waals surface area contributed by atoms with Gasteiger partial charge < -0.3 is 10.1 Å². The van der Waals surface area contributed by atoms with Gasteiger partial charge in [-0.1, -0.05) is 17.8 Å². The summed E-state index contributed by atoms with van der Waals surface area (Å²) >= 11 is 1.33. The van der Waals surface area contributed by atoms with Crippen molar-refractivity contribution < 1.29 is 13.5 Å². The van der Waals surface area contributed by atoms with Crippen LogP contribution in [0.4, 0.5) is 0 Å². The van der Waals surface area contributed by atoms with E-state index in [9.17, 15) is 13.5 Å². The van der Waals surface area contributed by atoms with Gasteiger partial charge in [-0.15, -0.1) is 0 Å². The van der Waals surface area contributed by atoms with Gasteiger partial charge in [0.2, 0.25) is 10.0 Å². The van der Waals surface area contributed by atoms with Crippen molar-refractivity contribution in [2.45, 2.75) is 14.9 Å². The Morgan fingerprint density at radius 2 is 2.00 bits per heavy atom. The van der Waals surface area contributed by atoms with Crippen molar-refractivity contribution in [3.05, 3.63) is 42.5 Å². The molecule has 0 radical (unpaired) electrons. The molecule has 21 heavy (non-hydrogen) atoms. The van der Waals surface area contributed by atoms with Crippen molar-refractivity contribution in [1.82, 2.24) is 9.97 Å². The molecule has 3 rings (SSSR count). The third kappa shape index (κ3) is 3.02. The Morgan fingerprint density at radius 1 is 1.19 bits per heavy atom. The molecule has 0 atom stereocenters. The summed E-state index contributed by atoms with van der Waals surface area (Å²) < 4.78 is 22.6. The number of sulfonamides is 1. The molecule has 0 aliphatic heterocycles. The molecule has 6 nitrogen and oxygen atoms in total. The Bertz CT molecular complexity index is 919. The SMILES string of the molecule is NS(=O)(=O)c1ccc2nc(Sc3cccc(O)c3)[nH]c2c1. The number of aromatic amines is 1. The summed E-state index contributed by atoms with van der Waals surface area (Å²) in [5.74, 6) is 0.174. The van der Waals surface area contributed by atoms with Crippen LogP contribution in [0.5, 0.6) is 5.75 Å². The zero-order valence-corrected chi connectivity index (χ0v) is 12.3. The van der Waals surface area contributed by atoms with Crippen molar-refractivity contribution in [3.63, 3.8) is 0 Å². The molecular formula is C13H11N3O3S2. The Labute approximate surface area is 125 Å². The van der Waals surface area contributed by atoms with Crippen molar-refractivity contribution in [2.24, 2.45) is 5.14 Å². The molecule has 0 saturated carbocycles. The van der Waals surface area contributed by atoms with Crippen LogP contribution in [-0.2, 0) is 10.0 Å². The minimum atomic E-state index is -3.74. The van der Waals surface area contributed by atoms with Gasteiger partial charge in [0.15, 0.2) is 5.16 Å². The number of nitrogens with zero attached hydrogens (tertiary/aromatic N) is 1. The molecule has 0 amide bonds. The number of H-pyrrole nitrogens is 1. The molecule has 1 aromatic heterocycles. The maximum absolute atomic E-state index is 11.3. The molecule has 0 fully saturated rings. The van der Waals surface area contributed by atoms with E-state index in [0.717, 1.165) is 4.90 Å². The molecule has 0 bridgehead atoms. The van der Waals surface area contributed by atoms with Crippen molar-refractivity contribution in [2.75, 3.05) is 0 Å². The summed E-state index contributed by atoms with van der Waals surface area (Å²) in [4.78, 5) is 8.23. The van der Waals surface area contributed by atoms with E-state index in [-0.39, 0.29) is 10.6 Å². The number of phenols is 1. The second-order valence-corrected chi connectivity index (χ2v) is 6.99. The number of aromatic hydroxyl groups is 1. The highest BCUT2D eigenvalue weighted by molar-refractivity contribution is 7.99. The van der Waals surface area contributed by atoms with Crippen LogP contribution in [0.25, 0.3) is 11.0 Å². The van der Waals surface area contributed by atoms with Gasteiger partial charge in [-0.3, -0.25) is 0 Å². The van der Waals surface area contributed by atoms with Crippen LogP contribution in [-0.4, -0.2) is 23.5 Å². The predicted octanol–water partition coefficient (Wildman–Crippen LogP) is 2.07. The number of benzene rings is 2. The van der Waals surface area contributed by atoms with E-state index in [1.165, 1.54) is 23.9 Å². The molecule has 0 spiro atoms. The van der Waals surface area contributed by atoms with E-state index in [4.69, 9.17) is 5.14 Å². The summed E-state index contributed by atoms with van der Waals surface area (Å²) in [5, 5.41) is 15.1. The van der Waals surface area contributed by atoms with Crippen LogP contribution in [0, 0.1) is 0 Å². The Balaban J connectivity index is 1.98. The predicted molar refractivity (Wildman–Crippen MR) is 79.7 cm³/mol. The summed E-state index contributed by atoms with van der Waals surface area (Å²) in [6, 6.07) is 11.2. The molecule has 8 heteroatoms. The summed E-state index contributed by atoms with van der Waals surface area (Å²) in [7, 11) is -3.74. The lowest BCUT2D eigenvalue weighted by atomic mass is 10.3. The zero-order valence-electron chi connectivity index (χ0n) is 10.6. The lowest BCUT2D eigenvalue weighted by Crippen LogP contribution is -2.11. The average Bonchev–Trinajstić information content (AvgIpc) is 2.78. The third-order valence-electron chi connectivity index (χ3n) is 2.79. The summed E-state index contributed by atoms with van der Waals surface area (Å²) in [6.07, 6.45) is 0. The first-order valence-corrected chi connectivity index (χ1v) is 8.27. The normalized spacial score (nSPS) is 11.9. The van der Waals surface area contributed by atoms with Gasteiger partial charge in [-0.05, 0) is 36.4 Å². The maximum atomic E-state index is 11.3. The molecular weight excluding hydrogens is 310 g/mol. The number of fused-ring (bicyclic) bond motifs is 1. The molecule has 0 saturated heterocycles. The average molecular weight is 321 g/mol. The highest BCUT2D eigenvalue weighted by Crippen LogP contribution is 2.29. The van der Waals surface area contributed by atoms with Crippen LogP contribution in [0.2, 0.25) is 0 Å². The van der Waals surface area contributed by atoms with Crippen molar-refractivity contribution >= 4 is 32.8 Å². The second kappa shape index (κ2) is 5.06. The van der Waals surface area contributed by atoms with E-state index in [1.54, 1.807) is 24.3 Å². The van der Waals surface area contributed by atoms with Gasteiger partial charge in [0.05, 0.1) is 15.9 Å². The number of primary sulfonamides is 1.